The number of hydrogen-bond donors (Lipinski definition) is 2. The van der Waals surface area contributed by atoms with Crippen molar-refractivity contribution >= 4 is 0 Å². The first-order valence-electron chi connectivity index (χ1n) is 7.59. The molecule has 2 nitrogen and oxygen atoms in total. The van der Waals surface area contributed by atoms with Crippen LogP contribution < -0.4 is 0 Å². The quantitative estimate of drug-likeness (QED) is 0.580. The number of rotatable bonds is 0. The SMILES string of the molecule is OC1(C#Cc2ccccc2)C=CC(O)(C#Cc2ccccc2)C=C1. The molecule has 1 aliphatic carbocycles. The molecular formula is C22H16O2. The van der Waals surface area contributed by atoms with Crippen LogP contribution in [0.4, 0.5) is 0 Å². The van der Waals surface area contributed by atoms with Gasteiger partial charge < -0.3 is 10.2 Å². The molecule has 116 valence electrons. The van der Waals surface area contributed by atoms with Crippen molar-refractivity contribution < 1.29 is 10.2 Å². The highest BCUT2D eigenvalue weighted by Gasteiger charge is 2.27. The van der Waals surface area contributed by atoms with Gasteiger partial charge >= 0.3 is 0 Å². The normalized spacial score (nSPS) is 24.4. The van der Waals surface area contributed by atoms with Gasteiger partial charge in [0.1, 0.15) is 0 Å². The van der Waals surface area contributed by atoms with Crippen LogP contribution in [0.25, 0.3) is 0 Å². The average molecular weight is 312 g/mol. The predicted octanol–water partition coefficient (Wildman–Crippen LogP) is 2.68. The number of benzene rings is 2. The van der Waals surface area contributed by atoms with Crippen LogP contribution in [0.5, 0.6) is 0 Å². The molecule has 0 aliphatic heterocycles. The molecule has 2 N–H and O–H groups in total. The number of hydrogen-bond acceptors (Lipinski definition) is 2. The third-order valence-electron chi connectivity index (χ3n) is 3.54. The molecule has 0 fully saturated rings. The Kier molecular flexibility index (Phi) is 4.36. The minimum atomic E-state index is -1.41. The first-order valence-corrected chi connectivity index (χ1v) is 7.59. The van der Waals surface area contributed by atoms with Gasteiger partial charge in [0.25, 0.3) is 0 Å². The highest BCUT2D eigenvalue weighted by molar-refractivity contribution is 5.48. The minimum Gasteiger partial charge on any atom is -0.370 e. The molecule has 3 rings (SSSR count). The Morgan fingerprint density at radius 2 is 0.875 bits per heavy atom. The average Bonchev–Trinajstić information content (AvgIpc) is 2.64. The second kappa shape index (κ2) is 6.60. The lowest BCUT2D eigenvalue weighted by Crippen LogP contribution is -2.31. The second-order valence-corrected chi connectivity index (χ2v) is 5.55. The summed E-state index contributed by atoms with van der Waals surface area (Å²) in [4.78, 5) is 0. The Labute approximate surface area is 141 Å². The molecule has 2 heteroatoms. The Morgan fingerprint density at radius 1 is 0.542 bits per heavy atom. The zero-order valence-electron chi connectivity index (χ0n) is 13.0. The van der Waals surface area contributed by atoms with Gasteiger partial charge in [-0.05, 0) is 48.6 Å². The molecule has 2 aromatic rings. The first kappa shape index (κ1) is 15.8. The zero-order valence-corrected chi connectivity index (χ0v) is 13.0. The highest BCUT2D eigenvalue weighted by atomic mass is 16.3. The van der Waals surface area contributed by atoms with Gasteiger partial charge in [0, 0.05) is 11.1 Å². The Bertz CT molecular complexity index is 795. The summed E-state index contributed by atoms with van der Waals surface area (Å²) in [6.07, 6.45) is 5.84. The summed E-state index contributed by atoms with van der Waals surface area (Å²) in [5, 5.41) is 20.9. The van der Waals surface area contributed by atoms with Crippen LogP contribution in [0.1, 0.15) is 11.1 Å². The molecular weight excluding hydrogens is 296 g/mol. The van der Waals surface area contributed by atoms with Crippen LogP contribution in [-0.2, 0) is 0 Å². The van der Waals surface area contributed by atoms with E-state index in [1.165, 1.54) is 24.3 Å². The van der Waals surface area contributed by atoms with Crippen molar-refractivity contribution in [2.45, 2.75) is 11.2 Å². The molecule has 0 radical (unpaired) electrons. The van der Waals surface area contributed by atoms with Crippen molar-refractivity contribution in [1.82, 2.24) is 0 Å². The van der Waals surface area contributed by atoms with Crippen molar-refractivity contribution in [3.05, 3.63) is 96.1 Å². The zero-order chi connectivity index (χ0) is 16.9. The maximum Gasteiger partial charge on any atom is 0.163 e. The van der Waals surface area contributed by atoms with E-state index in [1.807, 2.05) is 60.7 Å². The van der Waals surface area contributed by atoms with E-state index < -0.39 is 11.2 Å². The summed E-state index contributed by atoms with van der Waals surface area (Å²) in [6.45, 7) is 0. The van der Waals surface area contributed by atoms with E-state index in [4.69, 9.17) is 0 Å². The van der Waals surface area contributed by atoms with Crippen LogP contribution in [0.3, 0.4) is 0 Å². The molecule has 2 aromatic carbocycles. The lowest BCUT2D eigenvalue weighted by Gasteiger charge is -2.23. The molecule has 0 bridgehead atoms. The van der Waals surface area contributed by atoms with Gasteiger partial charge in [-0.2, -0.15) is 0 Å². The maximum absolute atomic E-state index is 10.4. The molecule has 0 heterocycles. The molecule has 1 aliphatic rings. The number of aliphatic hydroxyl groups is 2. The molecule has 0 aromatic heterocycles. The van der Waals surface area contributed by atoms with E-state index in [2.05, 4.69) is 23.7 Å². The second-order valence-electron chi connectivity index (χ2n) is 5.55. The van der Waals surface area contributed by atoms with Crippen LogP contribution in [0.2, 0.25) is 0 Å². The highest BCUT2D eigenvalue weighted by Crippen LogP contribution is 2.21. The van der Waals surface area contributed by atoms with Crippen LogP contribution in [-0.4, -0.2) is 21.4 Å². The summed E-state index contributed by atoms with van der Waals surface area (Å²) >= 11 is 0. The van der Waals surface area contributed by atoms with E-state index in [1.54, 1.807) is 0 Å². The van der Waals surface area contributed by atoms with Gasteiger partial charge in [-0.1, -0.05) is 60.1 Å². The standard InChI is InChI=1S/C22H16O2/c23-21(13-11-19-7-3-1-4-8-19)15-17-22(24,18-16-21)14-12-20-9-5-2-6-10-20/h1-10,15-18,23-24H. The van der Waals surface area contributed by atoms with Gasteiger partial charge in [-0.3, -0.25) is 0 Å². The van der Waals surface area contributed by atoms with E-state index in [0.717, 1.165) is 11.1 Å². The van der Waals surface area contributed by atoms with Gasteiger partial charge in [0.15, 0.2) is 11.2 Å². The smallest absolute Gasteiger partial charge is 0.163 e. The van der Waals surface area contributed by atoms with Crippen molar-refractivity contribution in [1.29, 1.82) is 0 Å². The fourth-order valence-electron chi connectivity index (χ4n) is 2.17. The summed E-state index contributed by atoms with van der Waals surface area (Å²) in [5.74, 6) is 11.4. The minimum absolute atomic E-state index is 0.817. The fraction of sp³-hybridized carbons (Fsp3) is 0.0909. The van der Waals surface area contributed by atoms with Gasteiger partial charge in [-0.15, -0.1) is 0 Å². The third-order valence-corrected chi connectivity index (χ3v) is 3.54. The first-order chi connectivity index (χ1) is 11.6. The topological polar surface area (TPSA) is 40.5 Å². The summed E-state index contributed by atoms with van der Waals surface area (Å²) < 4.78 is 0. The Morgan fingerprint density at radius 3 is 1.21 bits per heavy atom. The van der Waals surface area contributed by atoms with E-state index in [9.17, 15) is 10.2 Å². The Balaban J connectivity index is 1.78. The van der Waals surface area contributed by atoms with E-state index in [-0.39, 0.29) is 0 Å². The third kappa shape index (κ3) is 4.03. The van der Waals surface area contributed by atoms with Gasteiger partial charge in [-0.25, -0.2) is 0 Å². The summed E-state index contributed by atoms with van der Waals surface area (Å²) in [6, 6.07) is 18.8. The predicted molar refractivity (Wildman–Crippen MR) is 94.8 cm³/mol. The van der Waals surface area contributed by atoms with Crippen LogP contribution in [0, 0.1) is 23.7 Å². The van der Waals surface area contributed by atoms with Gasteiger partial charge in [0.2, 0.25) is 0 Å². The van der Waals surface area contributed by atoms with Crippen LogP contribution in [0.15, 0.2) is 85.0 Å². The van der Waals surface area contributed by atoms with Crippen LogP contribution >= 0.6 is 0 Å². The molecule has 0 saturated heterocycles. The molecule has 0 spiro atoms. The molecule has 0 saturated carbocycles. The maximum atomic E-state index is 10.4. The van der Waals surface area contributed by atoms with Crippen molar-refractivity contribution in [3.63, 3.8) is 0 Å². The largest absolute Gasteiger partial charge is 0.370 e. The van der Waals surface area contributed by atoms with Crippen molar-refractivity contribution in [2.24, 2.45) is 0 Å². The molecule has 24 heavy (non-hydrogen) atoms. The summed E-state index contributed by atoms with van der Waals surface area (Å²) in [5.41, 5.74) is -1.18. The van der Waals surface area contributed by atoms with E-state index in [0.29, 0.717) is 0 Å². The van der Waals surface area contributed by atoms with Crippen molar-refractivity contribution in [2.75, 3.05) is 0 Å². The fourth-order valence-corrected chi connectivity index (χ4v) is 2.17. The molecule has 0 amide bonds. The lowest BCUT2D eigenvalue weighted by molar-refractivity contribution is 0.170. The van der Waals surface area contributed by atoms with E-state index >= 15 is 0 Å². The molecule has 0 unspecified atom stereocenters. The van der Waals surface area contributed by atoms with Gasteiger partial charge in [0.05, 0.1) is 0 Å². The summed E-state index contributed by atoms with van der Waals surface area (Å²) in [7, 11) is 0. The monoisotopic (exact) mass is 312 g/mol. The lowest BCUT2D eigenvalue weighted by atomic mass is 9.90. The molecule has 0 atom stereocenters. The Hall–Kier alpha value is -3.04. The van der Waals surface area contributed by atoms with Crippen molar-refractivity contribution in [3.8, 4) is 23.7 Å².